The van der Waals surface area contributed by atoms with Gasteiger partial charge in [-0.15, -0.1) is 0 Å². The quantitative estimate of drug-likeness (QED) is 0.491. The van der Waals surface area contributed by atoms with E-state index in [1.807, 2.05) is 31.2 Å². The van der Waals surface area contributed by atoms with Gasteiger partial charge in [0.1, 0.15) is 5.84 Å². The highest BCUT2D eigenvalue weighted by Crippen LogP contribution is 2.37. The molecule has 0 aromatic heterocycles. The van der Waals surface area contributed by atoms with Crippen LogP contribution in [0.5, 0.6) is 0 Å². The van der Waals surface area contributed by atoms with Crippen molar-refractivity contribution in [3.05, 3.63) is 42.0 Å². The van der Waals surface area contributed by atoms with Gasteiger partial charge in [0.25, 0.3) is 5.91 Å². The Morgan fingerprint density at radius 1 is 1.44 bits per heavy atom. The fourth-order valence-electron chi connectivity index (χ4n) is 3.17. The van der Waals surface area contributed by atoms with Crippen LogP contribution in [0, 0.1) is 0 Å². The van der Waals surface area contributed by atoms with E-state index in [0.29, 0.717) is 30.0 Å². The number of aliphatic imine (C=N–C) groups is 2. The van der Waals surface area contributed by atoms with E-state index in [1.165, 1.54) is 6.21 Å². The molecule has 0 saturated carbocycles. The molecule has 6 heteroatoms. The van der Waals surface area contributed by atoms with Crippen LogP contribution in [0.25, 0.3) is 0 Å². The zero-order chi connectivity index (χ0) is 17.8. The largest absolute Gasteiger partial charge is 0.367 e. The zero-order valence-corrected chi connectivity index (χ0v) is 14.7. The average Bonchev–Trinajstić information content (AvgIpc) is 3.26. The molecular formula is C19H24N4O2. The molecule has 25 heavy (non-hydrogen) atoms. The first-order valence-corrected chi connectivity index (χ1v) is 8.59. The molecule has 2 bridgehead atoms. The topological polar surface area (TPSA) is 75.1 Å². The molecule has 3 atom stereocenters. The standard InChI is InChI=1S/C19H24N4O2/c1-4-17(20-3)22-10-12(2)19(24)23-14-7-5-13(6-8-14)18-16-9-15(25-18)11-21-16/h5-8,10,15-16,18,21H,2,4,9,11H2,1,3H3,(H,23,24)/b20-17-,22-10-/t15-,16-,18+/m0/s1. The van der Waals surface area contributed by atoms with Gasteiger partial charge in [0.15, 0.2) is 0 Å². The van der Waals surface area contributed by atoms with Crippen LogP contribution >= 0.6 is 0 Å². The number of amidine groups is 1. The number of amides is 1. The molecule has 0 spiro atoms. The van der Waals surface area contributed by atoms with Crippen LogP contribution in [-0.2, 0) is 9.53 Å². The number of carbonyl (C=O) groups is 1. The Labute approximate surface area is 148 Å². The van der Waals surface area contributed by atoms with Gasteiger partial charge in [-0.2, -0.15) is 0 Å². The van der Waals surface area contributed by atoms with Crippen LogP contribution in [0.2, 0.25) is 0 Å². The van der Waals surface area contributed by atoms with Gasteiger partial charge in [-0.1, -0.05) is 25.6 Å². The van der Waals surface area contributed by atoms with Crippen molar-refractivity contribution in [2.45, 2.75) is 38.0 Å². The minimum Gasteiger partial charge on any atom is -0.367 e. The molecule has 2 aliphatic rings. The molecule has 2 saturated heterocycles. The molecule has 0 unspecified atom stereocenters. The van der Waals surface area contributed by atoms with E-state index in [1.54, 1.807) is 7.05 Å². The Bertz CT molecular complexity index is 709. The van der Waals surface area contributed by atoms with Gasteiger partial charge in [-0.3, -0.25) is 9.79 Å². The van der Waals surface area contributed by atoms with Gasteiger partial charge >= 0.3 is 0 Å². The van der Waals surface area contributed by atoms with E-state index in [9.17, 15) is 4.79 Å². The van der Waals surface area contributed by atoms with Crippen molar-refractivity contribution < 1.29 is 9.53 Å². The van der Waals surface area contributed by atoms with Crippen molar-refractivity contribution in [3.63, 3.8) is 0 Å². The number of nitrogens with one attached hydrogen (secondary N) is 2. The van der Waals surface area contributed by atoms with Crippen LogP contribution in [0.1, 0.15) is 31.4 Å². The molecule has 2 heterocycles. The Morgan fingerprint density at radius 3 is 2.76 bits per heavy atom. The van der Waals surface area contributed by atoms with Crippen molar-refractivity contribution in [1.29, 1.82) is 0 Å². The minimum absolute atomic E-state index is 0.103. The summed E-state index contributed by atoms with van der Waals surface area (Å²) in [5.41, 5.74) is 2.14. The number of fused-ring (bicyclic) bond motifs is 2. The number of hydrogen-bond donors (Lipinski definition) is 2. The molecular weight excluding hydrogens is 316 g/mol. The highest BCUT2D eigenvalue weighted by atomic mass is 16.5. The van der Waals surface area contributed by atoms with E-state index < -0.39 is 0 Å². The number of benzene rings is 1. The molecule has 0 aliphatic carbocycles. The maximum atomic E-state index is 12.2. The number of rotatable bonds is 5. The van der Waals surface area contributed by atoms with Gasteiger partial charge in [0.05, 0.1) is 17.8 Å². The number of carbonyl (C=O) groups excluding carboxylic acids is 1. The summed E-state index contributed by atoms with van der Waals surface area (Å²) in [4.78, 5) is 20.3. The third-order valence-electron chi connectivity index (χ3n) is 4.56. The number of anilines is 1. The third kappa shape index (κ3) is 4.03. The summed E-state index contributed by atoms with van der Waals surface area (Å²) in [5.74, 6) is 0.402. The molecule has 132 valence electrons. The SMILES string of the molecule is C=C(/C=N\C(CC)=N/C)C(=O)Nc1ccc([C@H]2O[C@@H]3CN[C@H]2C3)cc1. The first kappa shape index (κ1) is 17.5. The third-order valence-corrected chi connectivity index (χ3v) is 4.56. The Morgan fingerprint density at radius 2 is 2.20 bits per heavy atom. The molecule has 0 radical (unpaired) electrons. The monoisotopic (exact) mass is 340 g/mol. The number of nitrogens with zero attached hydrogens (tertiary/aromatic N) is 2. The summed E-state index contributed by atoms with van der Waals surface area (Å²) in [6.45, 7) is 6.66. The fourth-order valence-corrected chi connectivity index (χ4v) is 3.17. The summed E-state index contributed by atoms with van der Waals surface area (Å²) in [5, 5.41) is 6.30. The van der Waals surface area contributed by atoms with Crippen LogP contribution in [-0.4, -0.2) is 43.7 Å². The van der Waals surface area contributed by atoms with Crippen molar-refractivity contribution in [1.82, 2.24) is 5.32 Å². The Kier molecular flexibility index (Phi) is 5.40. The molecule has 1 aromatic carbocycles. The van der Waals surface area contributed by atoms with Crippen molar-refractivity contribution in [2.75, 3.05) is 18.9 Å². The van der Waals surface area contributed by atoms with Crippen LogP contribution < -0.4 is 10.6 Å². The van der Waals surface area contributed by atoms with E-state index in [2.05, 4.69) is 27.2 Å². The van der Waals surface area contributed by atoms with Gasteiger partial charge in [-0.05, 0) is 24.1 Å². The first-order chi connectivity index (χ1) is 12.1. The maximum absolute atomic E-state index is 12.2. The fraction of sp³-hybridized carbons (Fsp3) is 0.421. The Hall–Kier alpha value is -2.31. The van der Waals surface area contributed by atoms with E-state index in [0.717, 1.165) is 24.2 Å². The van der Waals surface area contributed by atoms with Crippen molar-refractivity contribution >= 4 is 23.6 Å². The predicted molar refractivity (Wildman–Crippen MR) is 100 cm³/mol. The molecule has 6 nitrogen and oxygen atoms in total. The van der Waals surface area contributed by atoms with Gasteiger partial charge in [0.2, 0.25) is 0 Å². The van der Waals surface area contributed by atoms with Crippen LogP contribution in [0.3, 0.4) is 0 Å². The highest BCUT2D eigenvalue weighted by Gasteiger charge is 2.41. The van der Waals surface area contributed by atoms with Gasteiger partial charge in [0, 0.05) is 38.0 Å². The second-order valence-corrected chi connectivity index (χ2v) is 6.28. The highest BCUT2D eigenvalue weighted by molar-refractivity contribution is 6.18. The molecule has 3 rings (SSSR count). The lowest BCUT2D eigenvalue weighted by Crippen LogP contribution is -2.33. The summed E-state index contributed by atoms with van der Waals surface area (Å²) in [7, 11) is 1.68. The molecule has 2 fully saturated rings. The summed E-state index contributed by atoms with van der Waals surface area (Å²) in [6, 6.07) is 8.17. The zero-order valence-electron chi connectivity index (χ0n) is 14.7. The molecule has 2 N–H and O–H groups in total. The summed E-state index contributed by atoms with van der Waals surface area (Å²) in [6.07, 6.45) is 3.67. The van der Waals surface area contributed by atoms with Crippen molar-refractivity contribution in [3.8, 4) is 0 Å². The molecule has 1 aromatic rings. The van der Waals surface area contributed by atoms with Gasteiger partial charge in [-0.25, -0.2) is 4.99 Å². The normalized spacial score (nSPS) is 25.5. The van der Waals surface area contributed by atoms with E-state index in [-0.39, 0.29) is 12.0 Å². The predicted octanol–water partition coefficient (Wildman–Crippen LogP) is 2.49. The number of hydrogen-bond acceptors (Lipinski definition) is 4. The Balaban J connectivity index is 1.58. The smallest absolute Gasteiger partial charge is 0.256 e. The first-order valence-electron chi connectivity index (χ1n) is 8.59. The lowest BCUT2D eigenvalue weighted by Gasteiger charge is -2.23. The van der Waals surface area contributed by atoms with E-state index >= 15 is 0 Å². The lowest BCUT2D eigenvalue weighted by atomic mass is 10.0. The molecule has 1 amide bonds. The lowest BCUT2D eigenvalue weighted by molar-refractivity contribution is -0.112. The molecule has 2 aliphatic heterocycles. The van der Waals surface area contributed by atoms with Crippen LogP contribution in [0.4, 0.5) is 5.69 Å². The summed E-state index contributed by atoms with van der Waals surface area (Å²) < 4.78 is 5.99. The second kappa shape index (κ2) is 7.72. The summed E-state index contributed by atoms with van der Waals surface area (Å²) >= 11 is 0. The van der Waals surface area contributed by atoms with E-state index in [4.69, 9.17) is 4.74 Å². The number of ether oxygens (including phenoxy) is 1. The van der Waals surface area contributed by atoms with Crippen LogP contribution in [0.15, 0.2) is 46.4 Å². The maximum Gasteiger partial charge on any atom is 0.256 e. The number of morpholine rings is 1. The minimum atomic E-state index is -0.277. The average molecular weight is 340 g/mol. The second-order valence-electron chi connectivity index (χ2n) is 6.28. The van der Waals surface area contributed by atoms with Crippen molar-refractivity contribution in [2.24, 2.45) is 9.98 Å². The van der Waals surface area contributed by atoms with Gasteiger partial charge < -0.3 is 15.4 Å².